The van der Waals surface area contributed by atoms with Gasteiger partial charge in [-0.2, -0.15) is 0 Å². The number of fused-ring (bicyclic) bond motifs is 1. The number of aliphatic carboxylic acids is 1. The molecule has 0 saturated carbocycles. The number of carboxylic acids is 1. The van der Waals surface area contributed by atoms with Gasteiger partial charge < -0.3 is 9.67 Å². The normalized spacial score (nSPS) is 11.1. The van der Waals surface area contributed by atoms with Crippen LogP contribution >= 0.6 is 0 Å². The summed E-state index contributed by atoms with van der Waals surface area (Å²) < 4.78 is 2.17. The second kappa shape index (κ2) is 4.84. The minimum absolute atomic E-state index is 0.0944. The summed E-state index contributed by atoms with van der Waals surface area (Å²) in [5.74, 6) is -0.773. The SMILES string of the molecule is CCCn1cc(CC(=O)O)c2c(C)cc(C)cc21. The Morgan fingerprint density at radius 3 is 2.67 bits per heavy atom. The average molecular weight is 245 g/mol. The first-order chi connectivity index (χ1) is 8.52. The first kappa shape index (κ1) is 12.7. The minimum atomic E-state index is -0.773. The van der Waals surface area contributed by atoms with Crippen LogP contribution in [0, 0.1) is 13.8 Å². The number of benzene rings is 1. The van der Waals surface area contributed by atoms with Crippen LogP contribution < -0.4 is 0 Å². The molecule has 18 heavy (non-hydrogen) atoms. The van der Waals surface area contributed by atoms with E-state index in [1.807, 2.05) is 6.20 Å². The molecule has 3 heteroatoms. The van der Waals surface area contributed by atoms with E-state index in [1.165, 1.54) is 5.56 Å². The van der Waals surface area contributed by atoms with Crippen LogP contribution in [0.3, 0.4) is 0 Å². The van der Waals surface area contributed by atoms with Crippen molar-refractivity contribution in [1.82, 2.24) is 4.57 Å². The Hall–Kier alpha value is -1.77. The summed E-state index contributed by atoms with van der Waals surface area (Å²) in [4.78, 5) is 10.9. The summed E-state index contributed by atoms with van der Waals surface area (Å²) in [6.45, 7) is 7.19. The molecule has 0 aliphatic carbocycles. The Labute approximate surface area is 107 Å². The van der Waals surface area contributed by atoms with Crippen LogP contribution in [0.15, 0.2) is 18.3 Å². The maximum atomic E-state index is 10.9. The van der Waals surface area contributed by atoms with Gasteiger partial charge in [-0.25, -0.2) is 0 Å². The number of nitrogens with zero attached hydrogens (tertiary/aromatic N) is 1. The smallest absolute Gasteiger partial charge is 0.307 e. The monoisotopic (exact) mass is 245 g/mol. The highest BCUT2D eigenvalue weighted by atomic mass is 16.4. The Kier molecular flexibility index (Phi) is 3.41. The summed E-state index contributed by atoms with van der Waals surface area (Å²) >= 11 is 0. The fraction of sp³-hybridized carbons (Fsp3) is 0.400. The van der Waals surface area contributed by atoms with Crippen molar-refractivity contribution in [1.29, 1.82) is 0 Å². The lowest BCUT2D eigenvalue weighted by molar-refractivity contribution is -0.136. The average Bonchev–Trinajstić information content (AvgIpc) is 2.56. The van der Waals surface area contributed by atoms with Crippen molar-refractivity contribution >= 4 is 16.9 Å². The molecule has 0 spiro atoms. The van der Waals surface area contributed by atoms with E-state index in [-0.39, 0.29) is 6.42 Å². The van der Waals surface area contributed by atoms with Gasteiger partial charge in [0.2, 0.25) is 0 Å². The lowest BCUT2D eigenvalue weighted by Crippen LogP contribution is -1.99. The predicted octanol–water partition coefficient (Wildman–Crippen LogP) is 3.30. The van der Waals surface area contributed by atoms with E-state index >= 15 is 0 Å². The zero-order valence-corrected chi connectivity index (χ0v) is 11.2. The highest BCUT2D eigenvalue weighted by Crippen LogP contribution is 2.27. The Morgan fingerprint density at radius 1 is 1.33 bits per heavy atom. The number of carboxylic acid groups (broad SMARTS) is 1. The van der Waals surface area contributed by atoms with E-state index in [0.29, 0.717) is 0 Å². The molecular formula is C15H19NO2. The fourth-order valence-corrected chi connectivity index (χ4v) is 2.63. The molecule has 0 fully saturated rings. The largest absolute Gasteiger partial charge is 0.481 e. The maximum absolute atomic E-state index is 10.9. The van der Waals surface area contributed by atoms with Crippen molar-refractivity contribution in [3.8, 4) is 0 Å². The second-order valence-corrected chi connectivity index (χ2v) is 4.89. The van der Waals surface area contributed by atoms with E-state index < -0.39 is 5.97 Å². The number of aromatic nitrogens is 1. The van der Waals surface area contributed by atoms with Crippen LogP contribution in [0.2, 0.25) is 0 Å². The van der Waals surface area contributed by atoms with Gasteiger partial charge in [0.05, 0.1) is 6.42 Å². The molecule has 0 saturated heterocycles. The van der Waals surface area contributed by atoms with Crippen molar-refractivity contribution in [3.63, 3.8) is 0 Å². The molecule has 1 aromatic heterocycles. The van der Waals surface area contributed by atoms with Gasteiger partial charge in [-0.05, 0) is 43.0 Å². The molecule has 96 valence electrons. The predicted molar refractivity (Wildman–Crippen MR) is 73.0 cm³/mol. The number of aryl methyl sites for hydroxylation is 3. The molecular weight excluding hydrogens is 226 g/mol. The van der Waals surface area contributed by atoms with Crippen LogP contribution in [0.4, 0.5) is 0 Å². The third kappa shape index (κ3) is 2.26. The molecule has 1 N–H and O–H groups in total. The van der Waals surface area contributed by atoms with Crippen LogP contribution in [0.1, 0.15) is 30.0 Å². The van der Waals surface area contributed by atoms with Crippen molar-refractivity contribution < 1.29 is 9.90 Å². The van der Waals surface area contributed by atoms with Crippen molar-refractivity contribution in [2.75, 3.05) is 0 Å². The molecule has 1 aromatic carbocycles. The molecule has 0 aliphatic heterocycles. The van der Waals surface area contributed by atoms with Gasteiger partial charge in [-0.1, -0.05) is 13.0 Å². The quantitative estimate of drug-likeness (QED) is 0.898. The molecule has 0 unspecified atom stereocenters. The first-order valence-electron chi connectivity index (χ1n) is 6.33. The summed E-state index contributed by atoms with van der Waals surface area (Å²) in [5, 5.41) is 10.1. The zero-order valence-electron chi connectivity index (χ0n) is 11.2. The highest BCUT2D eigenvalue weighted by Gasteiger charge is 2.13. The van der Waals surface area contributed by atoms with Gasteiger partial charge in [-0.3, -0.25) is 4.79 Å². The van der Waals surface area contributed by atoms with Gasteiger partial charge in [0, 0.05) is 23.6 Å². The zero-order chi connectivity index (χ0) is 13.3. The van der Waals surface area contributed by atoms with Gasteiger partial charge in [-0.15, -0.1) is 0 Å². The van der Waals surface area contributed by atoms with E-state index in [0.717, 1.165) is 35.0 Å². The van der Waals surface area contributed by atoms with E-state index in [9.17, 15) is 4.79 Å². The van der Waals surface area contributed by atoms with E-state index in [2.05, 4.69) is 37.5 Å². The van der Waals surface area contributed by atoms with Crippen molar-refractivity contribution in [2.45, 2.75) is 40.2 Å². The van der Waals surface area contributed by atoms with Crippen LogP contribution in [-0.4, -0.2) is 15.6 Å². The molecule has 0 atom stereocenters. The minimum Gasteiger partial charge on any atom is -0.481 e. The fourth-order valence-electron chi connectivity index (χ4n) is 2.63. The standard InChI is InChI=1S/C15H19NO2/c1-4-5-16-9-12(8-14(17)18)15-11(3)6-10(2)7-13(15)16/h6-7,9H,4-5,8H2,1-3H3,(H,17,18). The van der Waals surface area contributed by atoms with Crippen molar-refractivity contribution in [2.24, 2.45) is 0 Å². The molecule has 0 radical (unpaired) electrons. The lowest BCUT2D eigenvalue weighted by atomic mass is 10.0. The topological polar surface area (TPSA) is 42.2 Å². The molecule has 1 heterocycles. The number of rotatable bonds is 4. The molecule has 2 aromatic rings. The first-order valence-corrected chi connectivity index (χ1v) is 6.33. The second-order valence-electron chi connectivity index (χ2n) is 4.89. The Bertz CT molecular complexity index is 596. The summed E-state index contributed by atoms with van der Waals surface area (Å²) in [6, 6.07) is 4.26. The van der Waals surface area contributed by atoms with E-state index in [4.69, 9.17) is 5.11 Å². The molecule has 3 nitrogen and oxygen atoms in total. The van der Waals surface area contributed by atoms with E-state index in [1.54, 1.807) is 0 Å². The van der Waals surface area contributed by atoms with Crippen molar-refractivity contribution in [3.05, 3.63) is 35.0 Å². The van der Waals surface area contributed by atoms with Gasteiger partial charge >= 0.3 is 5.97 Å². The van der Waals surface area contributed by atoms with Gasteiger partial charge in [0.1, 0.15) is 0 Å². The third-order valence-electron chi connectivity index (χ3n) is 3.21. The lowest BCUT2D eigenvalue weighted by Gasteiger charge is -2.05. The Morgan fingerprint density at radius 2 is 2.06 bits per heavy atom. The molecule has 0 amide bonds. The van der Waals surface area contributed by atoms with Gasteiger partial charge in [0.25, 0.3) is 0 Å². The van der Waals surface area contributed by atoms with Crippen LogP contribution in [0.5, 0.6) is 0 Å². The summed E-state index contributed by atoms with van der Waals surface area (Å²) in [6.07, 6.45) is 3.13. The molecule has 0 aliphatic rings. The Balaban J connectivity index is 2.67. The van der Waals surface area contributed by atoms with Gasteiger partial charge in [0.15, 0.2) is 0 Å². The number of carbonyl (C=O) groups is 1. The molecule has 2 rings (SSSR count). The number of hydrogen-bond donors (Lipinski definition) is 1. The van der Waals surface area contributed by atoms with Crippen LogP contribution in [0.25, 0.3) is 10.9 Å². The summed E-state index contributed by atoms with van der Waals surface area (Å²) in [7, 11) is 0. The van der Waals surface area contributed by atoms with Crippen LogP contribution in [-0.2, 0) is 17.8 Å². The molecule has 0 bridgehead atoms. The number of hydrogen-bond acceptors (Lipinski definition) is 1. The third-order valence-corrected chi connectivity index (χ3v) is 3.21. The highest BCUT2D eigenvalue weighted by molar-refractivity contribution is 5.90. The maximum Gasteiger partial charge on any atom is 0.307 e. The summed E-state index contributed by atoms with van der Waals surface area (Å²) in [5.41, 5.74) is 4.46.